The summed E-state index contributed by atoms with van der Waals surface area (Å²) in [6.45, 7) is 2.20. The van der Waals surface area contributed by atoms with E-state index in [1.54, 1.807) is 23.2 Å². The number of benzene rings is 3. The number of hydrogen-bond acceptors (Lipinski definition) is 4. The highest BCUT2D eigenvalue weighted by molar-refractivity contribution is 8.15. The molecule has 6 heteroatoms. The molecule has 1 amide bonds. The summed E-state index contributed by atoms with van der Waals surface area (Å²) in [5.74, 6) is -0.318. The van der Waals surface area contributed by atoms with Gasteiger partial charge in [0.05, 0.1) is 18.0 Å². The van der Waals surface area contributed by atoms with Crippen molar-refractivity contribution in [1.29, 1.82) is 0 Å². The average molecular weight is 391 g/mol. The normalized spacial score (nSPS) is 18.6. The molecule has 0 N–H and O–H groups in total. The summed E-state index contributed by atoms with van der Waals surface area (Å²) < 4.78 is 13.1. The van der Waals surface area contributed by atoms with Crippen molar-refractivity contribution >= 4 is 39.8 Å². The summed E-state index contributed by atoms with van der Waals surface area (Å²) in [7, 11) is 0. The number of fused-ring (bicyclic) bond motifs is 1. The van der Waals surface area contributed by atoms with Crippen LogP contribution in [0.3, 0.4) is 0 Å². The second-order valence-electron chi connectivity index (χ2n) is 6.51. The Morgan fingerprint density at radius 2 is 1.82 bits per heavy atom. The molecule has 0 spiro atoms. The van der Waals surface area contributed by atoms with Crippen LogP contribution in [0.1, 0.15) is 18.1 Å². The molecule has 28 heavy (non-hydrogen) atoms. The number of amidine groups is 1. The molecule has 3 aromatic carbocycles. The molecule has 0 unspecified atom stereocenters. The maximum atomic E-state index is 13.1. The molecule has 1 heterocycles. The maximum absolute atomic E-state index is 13.1. The van der Waals surface area contributed by atoms with E-state index in [9.17, 15) is 9.18 Å². The van der Waals surface area contributed by atoms with Crippen LogP contribution in [0.15, 0.2) is 76.9 Å². The van der Waals surface area contributed by atoms with E-state index in [0.717, 1.165) is 21.9 Å². The Morgan fingerprint density at radius 3 is 2.64 bits per heavy atom. The molecule has 1 fully saturated rings. The lowest BCUT2D eigenvalue weighted by Gasteiger charge is -2.15. The zero-order chi connectivity index (χ0) is 19.5. The predicted octanol–water partition coefficient (Wildman–Crippen LogP) is 4.83. The molecule has 1 aliphatic rings. The van der Waals surface area contributed by atoms with Crippen LogP contribution in [0.25, 0.3) is 10.8 Å². The number of nitrogens with zero attached hydrogens (tertiary/aromatic N) is 3. The SMILES string of the molecule is C[C@H]1S/C(=N\N=C/c2cccc3ccccc23)N(Cc2ccc(F)cc2)C1=O. The minimum atomic E-state index is -0.298. The average Bonchev–Trinajstić information content (AvgIpc) is 2.97. The largest absolute Gasteiger partial charge is 0.284 e. The molecular weight excluding hydrogens is 373 g/mol. The molecule has 1 saturated heterocycles. The minimum Gasteiger partial charge on any atom is -0.284 e. The quantitative estimate of drug-likeness (QED) is 0.472. The maximum Gasteiger partial charge on any atom is 0.242 e. The van der Waals surface area contributed by atoms with Crippen LogP contribution in [0, 0.1) is 5.82 Å². The Hall–Kier alpha value is -2.99. The second kappa shape index (κ2) is 7.94. The van der Waals surface area contributed by atoms with Crippen molar-refractivity contribution in [1.82, 2.24) is 4.90 Å². The number of amides is 1. The van der Waals surface area contributed by atoms with Gasteiger partial charge in [-0.2, -0.15) is 5.10 Å². The van der Waals surface area contributed by atoms with Gasteiger partial charge in [0.2, 0.25) is 5.91 Å². The third-order valence-corrected chi connectivity index (χ3v) is 5.61. The number of rotatable bonds is 4. The Labute approximate surface area is 166 Å². The molecule has 0 saturated carbocycles. The van der Waals surface area contributed by atoms with Crippen molar-refractivity contribution in [3.05, 3.63) is 83.7 Å². The first-order valence-electron chi connectivity index (χ1n) is 8.93. The first kappa shape index (κ1) is 18.4. The molecule has 3 aromatic rings. The van der Waals surface area contributed by atoms with E-state index in [0.29, 0.717) is 11.7 Å². The van der Waals surface area contributed by atoms with Crippen molar-refractivity contribution < 1.29 is 9.18 Å². The number of thioether (sulfide) groups is 1. The Kier molecular flexibility index (Phi) is 5.21. The lowest BCUT2D eigenvalue weighted by Crippen LogP contribution is -2.30. The highest BCUT2D eigenvalue weighted by Crippen LogP contribution is 2.28. The molecule has 0 aliphatic carbocycles. The van der Waals surface area contributed by atoms with E-state index in [-0.39, 0.29) is 17.0 Å². The molecule has 0 radical (unpaired) electrons. The van der Waals surface area contributed by atoms with Crippen LogP contribution in [0.5, 0.6) is 0 Å². The Morgan fingerprint density at radius 1 is 1.07 bits per heavy atom. The molecule has 0 aromatic heterocycles. The first-order chi connectivity index (χ1) is 13.6. The summed E-state index contributed by atoms with van der Waals surface area (Å²) in [6, 6.07) is 20.2. The Balaban J connectivity index is 1.58. The minimum absolute atomic E-state index is 0.0200. The number of carbonyl (C=O) groups excluding carboxylic acids is 1. The van der Waals surface area contributed by atoms with Crippen LogP contribution >= 0.6 is 11.8 Å². The molecule has 4 rings (SSSR count). The second-order valence-corrected chi connectivity index (χ2v) is 7.81. The molecule has 1 aliphatic heterocycles. The standard InChI is InChI=1S/C22H18FN3OS/c1-15-21(27)26(14-16-9-11-19(23)12-10-16)22(28-15)25-24-13-18-7-4-6-17-5-2-3-8-20(17)18/h2-13,15H,14H2,1H3/b24-13-,25-22-/t15-/m1/s1. The van der Waals surface area contributed by atoms with Crippen molar-refractivity contribution in [2.75, 3.05) is 0 Å². The first-order valence-corrected chi connectivity index (χ1v) is 9.81. The van der Waals surface area contributed by atoms with Crippen molar-refractivity contribution in [3.8, 4) is 0 Å². The van der Waals surface area contributed by atoms with Gasteiger partial charge in [0, 0.05) is 5.56 Å². The van der Waals surface area contributed by atoms with E-state index < -0.39 is 0 Å². The molecular formula is C22H18FN3OS. The van der Waals surface area contributed by atoms with Crippen LogP contribution in [0.2, 0.25) is 0 Å². The van der Waals surface area contributed by atoms with E-state index in [2.05, 4.69) is 22.3 Å². The zero-order valence-corrected chi connectivity index (χ0v) is 16.1. The lowest BCUT2D eigenvalue weighted by atomic mass is 10.1. The fraction of sp³-hybridized carbons (Fsp3) is 0.136. The monoisotopic (exact) mass is 391 g/mol. The van der Waals surface area contributed by atoms with Crippen molar-refractivity contribution in [3.63, 3.8) is 0 Å². The predicted molar refractivity (Wildman–Crippen MR) is 113 cm³/mol. The van der Waals surface area contributed by atoms with Gasteiger partial charge in [-0.1, -0.05) is 66.4 Å². The lowest BCUT2D eigenvalue weighted by molar-refractivity contribution is -0.126. The van der Waals surface area contributed by atoms with Gasteiger partial charge < -0.3 is 0 Å². The van der Waals surface area contributed by atoms with Gasteiger partial charge >= 0.3 is 0 Å². The highest BCUT2D eigenvalue weighted by Gasteiger charge is 2.35. The Bertz CT molecular complexity index is 1070. The molecule has 0 bridgehead atoms. The van der Waals surface area contributed by atoms with Gasteiger partial charge in [-0.15, -0.1) is 5.10 Å². The summed E-state index contributed by atoms with van der Waals surface area (Å²) in [5, 5.41) is 11.1. The molecule has 4 nitrogen and oxygen atoms in total. The van der Waals surface area contributed by atoms with E-state index in [1.165, 1.54) is 23.9 Å². The van der Waals surface area contributed by atoms with Gasteiger partial charge in [-0.3, -0.25) is 9.69 Å². The molecule has 140 valence electrons. The third kappa shape index (κ3) is 3.82. The summed E-state index contributed by atoms with van der Waals surface area (Å²) in [5.41, 5.74) is 1.81. The van der Waals surface area contributed by atoms with Crippen LogP contribution in [-0.2, 0) is 11.3 Å². The number of carbonyl (C=O) groups is 1. The van der Waals surface area contributed by atoms with Crippen LogP contribution in [-0.4, -0.2) is 27.4 Å². The zero-order valence-electron chi connectivity index (χ0n) is 15.2. The highest BCUT2D eigenvalue weighted by atomic mass is 32.2. The van der Waals surface area contributed by atoms with Crippen LogP contribution < -0.4 is 0 Å². The van der Waals surface area contributed by atoms with Crippen molar-refractivity contribution in [2.24, 2.45) is 10.2 Å². The van der Waals surface area contributed by atoms with Gasteiger partial charge in [-0.25, -0.2) is 4.39 Å². The summed E-state index contributed by atoms with van der Waals surface area (Å²) >= 11 is 1.38. The molecule has 1 atom stereocenters. The fourth-order valence-electron chi connectivity index (χ4n) is 3.08. The van der Waals surface area contributed by atoms with Crippen LogP contribution in [0.4, 0.5) is 4.39 Å². The fourth-order valence-corrected chi connectivity index (χ4v) is 4.01. The smallest absolute Gasteiger partial charge is 0.242 e. The van der Waals surface area contributed by atoms with Gasteiger partial charge in [0.25, 0.3) is 0 Å². The third-order valence-electron chi connectivity index (χ3n) is 4.54. The summed E-state index contributed by atoms with van der Waals surface area (Å²) in [6.07, 6.45) is 1.71. The van der Waals surface area contributed by atoms with E-state index in [4.69, 9.17) is 0 Å². The van der Waals surface area contributed by atoms with Crippen molar-refractivity contribution in [2.45, 2.75) is 18.7 Å². The van der Waals surface area contributed by atoms with Gasteiger partial charge in [0.1, 0.15) is 5.82 Å². The number of hydrogen-bond donors (Lipinski definition) is 0. The summed E-state index contributed by atoms with van der Waals surface area (Å²) in [4.78, 5) is 14.1. The van der Waals surface area contributed by atoms with Gasteiger partial charge in [0.15, 0.2) is 5.17 Å². The van der Waals surface area contributed by atoms with E-state index in [1.807, 2.05) is 37.3 Å². The van der Waals surface area contributed by atoms with Gasteiger partial charge in [-0.05, 0) is 35.4 Å². The number of halogens is 1. The topological polar surface area (TPSA) is 45.0 Å². The van der Waals surface area contributed by atoms with E-state index >= 15 is 0 Å².